The summed E-state index contributed by atoms with van der Waals surface area (Å²) >= 11 is 0. The number of carbonyl (C=O) groups is 2. The van der Waals surface area contributed by atoms with Gasteiger partial charge >= 0.3 is 5.97 Å². The molecule has 2 rings (SSSR count). The second-order valence-corrected chi connectivity index (χ2v) is 7.16. The van der Waals surface area contributed by atoms with Crippen LogP contribution in [0.15, 0.2) is 24.3 Å². The smallest absolute Gasteiger partial charge is 0.311 e. The van der Waals surface area contributed by atoms with Crippen molar-refractivity contribution in [3.63, 3.8) is 0 Å². The first-order chi connectivity index (χ1) is 11.7. The van der Waals surface area contributed by atoms with Crippen LogP contribution in [-0.2, 0) is 4.79 Å². The molecule has 1 aromatic carbocycles. The van der Waals surface area contributed by atoms with E-state index in [1.54, 1.807) is 43.0 Å². The van der Waals surface area contributed by atoms with Gasteiger partial charge < -0.3 is 15.1 Å². The second kappa shape index (κ2) is 7.28. The summed E-state index contributed by atoms with van der Waals surface area (Å²) in [7, 11) is 0. The highest BCUT2D eigenvalue weighted by Gasteiger charge is 2.42. The van der Waals surface area contributed by atoms with Gasteiger partial charge in [-0.05, 0) is 57.4 Å². The van der Waals surface area contributed by atoms with Crippen LogP contribution in [0.2, 0.25) is 0 Å². The summed E-state index contributed by atoms with van der Waals surface area (Å²) in [6, 6.07) is 6.86. The van der Waals surface area contributed by atoms with Gasteiger partial charge in [-0.1, -0.05) is 18.8 Å². The molecule has 5 heteroatoms. The highest BCUT2D eigenvalue weighted by Crippen LogP contribution is 2.34. The minimum absolute atomic E-state index is 0.152. The first kappa shape index (κ1) is 19.0. The standard InChI is InChI=1S/C20H25NO4/c1-4-20(18(23)24)11-5-13-21(14-20)17(22)16-8-6-15(7-9-16)10-12-19(2,3)25/h6-9,25H,4-5,11,13-14H2,1-3H3,(H,23,24)/t20-/m0/s1. The van der Waals surface area contributed by atoms with Gasteiger partial charge in [0.1, 0.15) is 5.60 Å². The Hall–Kier alpha value is -2.32. The van der Waals surface area contributed by atoms with Crippen LogP contribution in [-0.4, -0.2) is 45.7 Å². The lowest BCUT2D eigenvalue weighted by Gasteiger charge is -2.39. The molecule has 25 heavy (non-hydrogen) atoms. The number of carboxylic acid groups (broad SMARTS) is 1. The minimum Gasteiger partial charge on any atom is -0.481 e. The number of nitrogens with zero attached hydrogens (tertiary/aromatic N) is 1. The predicted molar refractivity (Wildman–Crippen MR) is 95.1 cm³/mol. The number of likely N-dealkylation sites (tertiary alicyclic amines) is 1. The van der Waals surface area contributed by atoms with Gasteiger partial charge in [0.05, 0.1) is 5.41 Å². The highest BCUT2D eigenvalue weighted by molar-refractivity contribution is 5.94. The molecule has 0 unspecified atom stereocenters. The van der Waals surface area contributed by atoms with E-state index in [1.165, 1.54) is 0 Å². The first-order valence-electron chi connectivity index (χ1n) is 8.55. The van der Waals surface area contributed by atoms with Crippen molar-refractivity contribution in [3.05, 3.63) is 35.4 Å². The van der Waals surface area contributed by atoms with Crippen LogP contribution in [0.3, 0.4) is 0 Å². The summed E-state index contributed by atoms with van der Waals surface area (Å²) in [6.45, 7) is 5.90. The third-order valence-corrected chi connectivity index (χ3v) is 4.64. The van der Waals surface area contributed by atoms with Crippen molar-refractivity contribution in [2.24, 2.45) is 5.41 Å². The van der Waals surface area contributed by atoms with E-state index < -0.39 is 17.0 Å². The zero-order valence-electron chi connectivity index (χ0n) is 15.0. The fraction of sp³-hybridized carbons (Fsp3) is 0.500. The molecule has 0 bridgehead atoms. The molecule has 1 atom stereocenters. The molecule has 0 radical (unpaired) electrons. The maximum Gasteiger partial charge on any atom is 0.311 e. The molecule has 134 valence electrons. The van der Waals surface area contributed by atoms with Gasteiger partial charge in [-0.25, -0.2) is 0 Å². The van der Waals surface area contributed by atoms with Crippen LogP contribution in [0.5, 0.6) is 0 Å². The van der Waals surface area contributed by atoms with E-state index in [0.29, 0.717) is 36.9 Å². The number of rotatable bonds is 3. The van der Waals surface area contributed by atoms with Gasteiger partial charge in [-0.2, -0.15) is 0 Å². The van der Waals surface area contributed by atoms with Crippen LogP contribution < -0.4 is 0 Å². The fourth-order valence-electron chi connectivity index (χ4n) is 3.02. The summed E-state index contributed by atoms with van der Waals surface area (Å²) in [5.41, 5.74) is -0.675. The van der Waals surface area contributed by atoms with E-state index in [-0.39, 0.29) is 12.5 Å². The van der Waals surface area contributed by atoms with Crippen molar-refractivity contribution in [2.75, 3.05) is 13.1 Å². The molecular weight excluding hydrogens is 318 g/mol. The molecule has 2 N–H and O–H groups in total. The molecular formula is C20H25NO4. The van der Waals surface area contributed by atoms with Crippen molar-refractivity contribution in [3.8, 4) is 11.8 Å². The van der Waals surface area contributed by atoms with Crippen LogP contribution in [0.1, 0.15) is 56.0 Å². The number of carboxylic acids is 1. The van der Waals surface area contributed by atoms with E-state index in [0.717, 1.165) is 0 Å². The summed E-state index contributed by atoms with van der Waals surface area (Å²) in [6.07, 6.45) is 1.81. The van der Waals surface area contributed by atoms with E-state index in [1.807, 2.05) is 6.92 Å². The van der Waals surface area contributed by atoms with Gasteiger partial charge in [0, 0.05) is 24.2 Å². The van der Waals surface area contributed by atoms with E-state index in [2.05, 4.69) is 11.8 Å². The summed E-state index contributed by atoms with van der Waals surface area (Å²) in [4.78, 5) is 26.0. The third-order valence-electron chi connectivity index (χ3n) is 4.64. The largest absolute Gasteiger partial charge is 0.481 e. The van der Waals surface area contributed by atoms with Gasteiger partial charge in [-0.3, -0.25) is 9.59 Å². The van der Waals surface area contributed by atoms with Crippen molar-refractivity contribution in [1.82, 2.24) is 4.90 Å². The van der Waals surface area contributed by atoms with Gasteiger partial charge in [0.2, 0.25) is 0 Å². The molecule has 1 aliphatic rings. The Labute approximate surface area is 148 Å². The molecule has 1 fully saturated rings. The number of hydrogen-bond acceptors (Lipinski definition) is 3. The number of aliphatic hydroxyl groups is 1. The van der Waals surface area contributed by atoms with Crippen LogP contribution in [0.25, 0.3) is 0 Å². The lowest BCUT2D eigenvalue weighted by Crippen LogP contribution is -2.49. The van der Waals surface area contributed by atoms with Crippen molar-refractivity contribution in [2.45, 2.75) is 45.6 Å². The average Bonchev–Trinajstić information content (AvgIpc) is 2.59. The molecule has 0 aliphatic carbocycles. The number of amides is 1. The van der Waals surface area contributed by atoms with Gasteiger partial charge in [0.15, 0.2) is 0 Å². The Morgan fingerprint density at radius 3 is 2.44 bits per heavy atom. The molecule has 1 amide bonds. The fourth-order valence-corrected chi connectivity index (χ4v) is 3.02. The van der Waals surface area contributed by atoms with Crippen LogP contribution in [0.4, 0.5) is 0 Å². The van der Waals surface area contributed by atoms with Crippen molar-refractivity contribution < 1.29 is 19.8 Å². The Morgan fingerprint density at radius 1 is 1.28 bits per heavy atom. The molecule has 5 nitrogen and oxygen atoms in total. The Balaban J connectivity index is 2.15. The number of benzene rings is 1. The Bertz CT molecular complexity index is 706. The normalized spacial score (nSPS) is 20.6. The lowest BCUT2D eigenvalue weighted by atomic mass is 9.77. The number of carbonyl (C=O) groups excluding carboxylic acids is 1. The van der Waals surface area contributed by atoms with Gasteiger partial charge in [-0.15, -0.1) is 0 Å². The van der Waals surface area contributed by atoms with Crippen molar-refractivity contribution in [1.29, 1.82) is 0 Å². The zero-order chi connectivity index (χ0) is 18.7. The van der Waals surface area contributed by atoms with Crippen molar-refractivity contribution >= 4 is 11.9 Å². The predicted octanol–water partition coefficient (Wildman–Crippen LogP) is 2.53. The SMILES string of the molecule is CC[C@]1(C(=O)O)CCCN(C(=O)c2ccc(C#CC(C)(C)O)cc2)C1. The molecule has 1 saturated heterocycles. The molecule has 1 heterocycles. The summed E-state index contributed by atoms with van der Waals surface area (Å²) in [5.74, 6) is 4.61. The topological polar surface area (TPSA) is 77.8 Å². The highest BCUT2D eigenvalue weighted by atomic mass is 16.4. The van der Waals surface area contributed by atoms with E-state index in [9.17, 15) is 19.8 Å². The van der Waals surface area contributed by atoms with Crippen LogP contribution in [0, 0.1) is 17.3 Å². The summed E-state index contributed by atoms with van der Waals surface area (Å²) < 4.78 is 0. The second-order valence-electron chi connectivity index (χ2n) is 7.16. The maximum atomic E-state index is 12.7. The average molecular weight is 343 g/mol. The molecule has 0 saturated carbocycles. The molecule has 0 spiro atoms. The Morgan fingerprint density at radius 2 is 1.92 bits per heavy atom. The maximum absolute atomic E-state index is 12.7. The Kier molecular flexibility index (Phi) is 5.54. The molecule has 0 aromatic heterocycles. The third kappa shape index (κ3) is 4.61. The van der Waals surface area contributed by atoms with Crippen LogP contribution >= 0.6 is 0 Å². The lowest BCUT2D eigenvalue weighted by molar-refractivity contribution is -0.152. The monoisotopic (exact) mass is 343 g/mol. The number of hydrogen-bond donors (Lipinski definition) is 2. The zero-order valence-corrected chi connectivity index (χ0v) is 15.0. The van der Waals surface area contributed by atoms with E-state index in [4.69, 9.17) is 0 Å². The number of aliphatic carboxylic acids is 1. The molecule has 1 aromatic rings. The number of piperidine rings is 1. The first-order valence-corrected chi connectivity index (χ1v) is 8.55. The molecule has 1 aliphatic heterocycles. The minimum atomic E-state index is -1.07. The quantitative estimate of drug-likeness (QED) is 0.827. The van der Waals surface area contributed by atoms with E-state index >= 15 is 0 Å². The van der Waals surface area contributed by atoms with Gasteiger partial charge in [0.25, 0.3) is 5.91 Å². The summed E-state index contributed by atoms with van der Waals surface area (Å²) in [5, 5.41) is 19.2.